The molecule has 2 N–H and O–H groups in total. The van der Waals surface area contributed by atoms with Gasteiger partial charge in [0.2, 0.25) is 5.91 Å². The van der Waals surface area contributed by atoms with Crippen molar-refractivity contribution >= 4 is 22.7 Å². The van der Waals surface area contributed by atoms with Gasteiger partial charge in [0.05, 0.1) is 13.1 Å². The van der Waals surface area contributed by atoms with Gasteiger partial charge in [-0.05, 0) is 18.2 Å². The lowest BCUT2D eigenvalue weighted by atomic mass is 10.3. The standard InChI is InChI=1S/C13H13N3O2/c1-3-6-14-8-13(17)16-10-4-5-12-11(7-10)15-9(2)18-12/h1,4-5,7,14H,6,8H2,2H3,(H,16,17). The second-order valence-corrected chi connectivity index (χ2v) is 3.77. The first-order valence-corrected chi connectivity index (χ1v) is 5.50. The van der Waals surface area contributed by atoms with E-state index in [0.717, 1.165) is 5.52 Å². The summed E-state index contributed by atoms with van der Waals surface area (Å²) in [6.45, 7) is 2.33. The van der Waals surface area contributed by atoms with Crippen LogP contribution in [0.2, 0.25) is 0 Å². The summed E-state index contributed by atoms with van der Waals surface area (Å²) in [6, 6.07) is 5.32. The van der Waals surface area contributed by atoms with Crippen molar-refractivity contribution in [1.82, 2.24) is 10.3 Å². The van der Waals surface area contributed by atoms with Crippen LogP contribution in [0.5, 0.6) is 0 Å². The maximum Gasteiger partial charge on any atom is 0.238 e. The highest BCUT2D eigenvalue weighted by Gasteiger charge is 2.05. The number of oxazole rings is 1. The smallest absolute Gasteiger partial charge is 0.238 e. The molecule has 1 heterocycles. The number of rotatable bonds is 4. The lowest BCUT2D eigenvalue weighted by Crippen LogP contribution is -2.28. The molecule has 0 saturated heterocycles. The number of fused-ring (bicyclic) bond motifs is 1. The van der Waals surface area contributed by atoms with E-state index < -0.39 is 0 Å². The molecule has 0 bridgehead atoms. The number of amides is 1. The van der Waals surface area contributed by atoms with Crippen molar-refractivity contribution in [3.8, 4) is 12.3 Å². The van der Waals surface area contributed by atoms with Gasteiger partial charge in [-0.1, -0.05) is 5.92 Å². The Kier molecular flexibility index (Phi) is 3.60. The number of nitrogens with one attached hydrogen (secondary N) is 2. The average Bonchev–Trinajstić information content (AvgIpc) is 2.69. The summed E-state index contributed by atoms with van der Waals surface area (Å²) in [4.78, 5) is 15.7. The van der Waals surface area contributed by atoms with Crippen LogP contribution in [0.4, 0.5) is 5.69 Å². The fraction of sp³-hybridized carbons (Fsp3) is 0.231. The fourth-order valence-corrected chi connectivity index (χ4v) is 1.57. The van der Waals surface area contributed by atoms with E-state index in [4.69, 9.17) is 10.8 Å². The van der Waals surface area contributed by atoms with Crippen molar-refractivity contribution in [3.05, 3.63) is 24.1 Å². The predicted octanol–water partition coefficient (Wildman–Crippen LogP) is 1.30. The summed E-state index contributed by atoms with van der Waals surface area (Å²) >= 11 is 0. The number of carbonyl (C=O) groups is 1. The minimum atomic E-state index is -0.148. The molecule has 0 unspecified atom stereocenters. The first-order chi connectivity index (χ1) is 8.69. The van der Waals surface area contributed by atoms with Crippen molar-refractivity contribution in [2.45, 2.75) is 6.92 Å². The van der Waals surface area contributed by atoms with E-state index in [1.54, 1.807) is 25.1 Å². The molecule has 0 fully saturated rings. The van der Waals surface area contributed by atoms with E-state index in [-0.39, 0.29) is 12.5 Å². The van der Waals surface area contributed by atoms with Crippen LogP contribution in [0.1, 0.15) is 5.89 Å². The molecule has 0 aliphatic carbocycles. The molecule has 0 atom stereocenters. The summed E-state index contributed by atoms with van der Waals surface area (Å²) in [7, 11) is 0. The number of aromatic nitrogens is 1. The highest BCUT2D eigenvalue weighted by Crippen LogP contribution is 2.19. The molecule has 0 radical (unpaired) electrons. The van der Waals surface area contributed by atoms with E-state index in [9.17, 15) is 4.79 Å². The lowest BCUT2D eigenvalue weighted by Gasteiger charge is -2.04. The Morgan fingerprint density at radius 3 is 3.17 bits per heavy atom. The maximum atomic E-state index is 11.5. The molecule has 2 rings (SSSR count). The predicted molar refractivity (Wildman–Crippen MR) is 69.1 cm³/mol. The van der Waals surface area contributed by atoms with Crippen molar-refractivity contribution in [3.63, 3.8) is 0 Å². The van der Waals surface area contributed by atoms with Gasteiger partial charge in [-0.3, -0.25) is 10.1 Å². The molecule has 1 amide bonds. The fourth-order valence-electron chi connectivity index (χ4n) is 1.57. The SMILES string of the molecule is C#CCNCC(=O)Nc1ccc2oc(C)nc2c1. The largest absolute Gasteiger partial charge is 0.441 e. The summed E-state index contributed by atoms with van der Waals surface area (Å²) in [6.07, 6.45) is 5.07. The molecule has 0 aliphatic rings. The van der Waals surface area contributed by atoms with Gasteiger partial charge in [-0.15, -0.1) is 6.42 Å². The van der Waals surface area contributed by atoms with Crippen molar-refractivity contribution in [2.24, 2.45) is 0 Å². The number of hydrogen-bond acceptors (Lipinski definition) is 4. The van der Waals surface area contributed by atoms with E-state index >= 15 is 0 Å². The molecule has 2 aromatic rings. The zero-order valence-electron chi connectivity index (χ0n) is 9.99. The third kappa shape index (κ3) is 2.87. The lowest BCUT2D eigenvalue weighted by molar-refractivity contribution is -0.115. The number of hydrogen-bond donors (Lipinski definition) is 2. The topological polar surface area (TPSA) is 67.2 Å². The minimum absolute atomic E-state index is 0.148. The van der Waals surface area contributed by atoms with Gasteiger partial charge >= 0.3 is 0 Å². The van der Waals surface area contributed by atoms with Crippen molar-refractivity contribution < 1.29 is 9.21 Å². The van der Waals surface area contributed by atoms with E-state index in [1.165, 1.54) is 0 Å². The van der Waals surface area contributed by atoms with Crippen LogP contribution in [0, 0.1) is 19.3 Å². The first-order valence-electron chi connectivity index (χ1n) is 5.50. The van der Waals surface area contributed by atoms with Gasteiger partial charge in [0, 0.05) is 12.6 Å². The van der Waals surface area contributed by atoms with Gasteiger partial charge in [0.1, 0.15) is 5.52 Å². The number of terminal acetylenes is 1. The van der Waals surface area contributed by atoms with Gasteiger partial charge in [0.25, 0.3) is 0 Å². The Labute approximate surface area is 105 Å². The van der Waals surface area contributed by atoms with Crippen molar-refractivity contribution in [1.29, 1.82) is 0 Å². The monoisotopic (exact) mass is 243 g/mol. The van der Waals surface area contributed by atoms with E-state index in [0.29, 0.717) is 23.7 Å². The Morgan fingerprint density at radius 1 is 1.56 bits per heavy atom. The molecule has 0 aliphatic heterocycles. The molecule has 5 nitrogen and oxygen atoms in total. The Hall–Kier alpha value is -2.32. The van der Waals surface area contributed by atoms with Crippen molar-refractivity contribution in [2.75, 3.05) is 18.4 Å². The van der Waals surface area contributed by atoms with Crippen LogP contribution in [0.3, 0.4) is 0 Å². The van der Waals surface area contributed by atoms with Crippen LogP contribution in [-0.4, -0.2) is 24.0 Å². The van der Waals surface area contributed by atoms with Crippen LogP contribution >= 0.6 is 0 Å². The number of carbonyl (C=O) groups excluding carboxylic acids is 1. The molecular formula is C13H13N3O2. The maximum absolute atomic E-state index is 11.5. The second-order valence-electron chi connectivity index (χ2n) is 3.77. The van der Waals surface area contributed by atoms with Crippen LogP contribution in [0.15, 0.2) is 22.6 Å². The van der Waals surface area contributed by atoms with E-state index in [2.05, 4.69) is 21.5 Å². The van der Waals surface area contributed by atoms with E-state index in [1.807, 2.05) is 0 Å². The second kappa shape index (κ2) is 5.34. The molecule has 1 aromatic heterocycles. The molecular weight excluding hydrogens is 230 g/mol. The normalized spacial score (nSPS) is 10.2. The van der Waals surface area contributed by atoms with Crippen LogP contribution in [-0.2, 0) is 4.79 Å². The summed E-state index contributed by atoms with van der Waals surface area (Å²) in [5.74, 6) is 2.85. The van der Waals surface area contributed by atoms with Gasteiger partial charge in [-0.2, -0.15) is 0 Å². The number of anilines is 1. The third-order valence-corrected chi connectivity index (χ3v) is 2.29. The van der Waals surface area contributed by atoms with Crippen LogP contribution in [0.25, 0.3) is 11.1 Å². The third-order valence-electron chi connectivity index (χ3n) is 2.29. The highest BCUT2D eigenvalue weighted by atomic mass is 16.3. The Morgan fingerprint density at radius 2 is 2.39 bits per heavy atom. The zero-order valence-corrected chi connectivity index (χ0v) is 9.99. The minimum Gasteiger partial charge on any atom is -0.441 e. The summed E-state index contributed by atoms with van der Waals surface area (Å²) < 4.78 is 5.35. The molecule has 0 saturated carbocycles. The summed E-state index contributed by atoms with van der Waals surface area (Å²) in [5.41, 5.74) is 2.11. The first kappa shape index (κ1) is 12.1. The average molecular weight is 243 g/mol. The van der Waals surface area contributed by atoms with Crippen LogP contribution < -0.4 is 10.6 Å². The molecule has 5 heteroatoms. The molecule has 92 valence electrons. The van der Waals surface area contributed by atoms with Gasteiger partial charge in [-0.25, -0.2) is 4.98 Å². The highest BCUT2D eigenvalue weighted by molar-refractivity contribution is 5.94. The zero-order chi connectivity index (χ0) is 13.0. The summed E-state index contributed by atoms with van der Waals surface area (Å²) in [5, 5.41) is 5.56. The Balaban J connectivity index is 2.03. The Bertz CT molecular complexity index is 610. The molecule has 1 aromatic carbocycles. The molecule has 0 spiro atoms. The molecule has 18 heavy (non-hydrogen) atoms. The number of aryl methyl sites for hydroxylation is 1. The number of nitrogens with zero attached hydrogens (tertiary/aromatic N) is 1. The van der Waals surface area contributed by atoms with Gasteiger partial charge < -0.3 is 9.73 Å². The quantitative estimate of drug-likeness (QED) is 0.627. The number of benzene rings is 1. The van der Waals surface area contributed by atoms with Gasteiger partial charge in [0.15, 0.2) is 11.5 Å².